The number of fused-ring (bicyclic) bond motifs is 1. The van der Waals surface area contributed by atoms with Gasteiger partial charge in [0, 0.05) is 24.5 Å². The summed E-state index contributed by atoms with van der Waals surface area (Å²) in [5, 5.41) is 12.0. The van der Waals surface area contributed by atoms with E-state index in [1.54, 1.807) is 29.2 Å². The number of nitrogens with two attached hydrogens (primary N) is 1. The molecule has 29 heavy (non-hydrogen) atoms. The average molecular weight is 390 g/mol. The number of rotatable bonds is 4. The van der Waals surface area contributed by atoms with E-state index in [1.807, 2.05) is 36.4 Å². The molecule has 1 aliphatic rings. The molecule has 0 fully saturated rings. The highest BCUT2D eigenvalue weighted by atomic mass is 16.3. The number of amides is 3. The van der Waals surface area contributed by atoms with Crippen LogP contribution in [0.5, 0.6) is 0 Å². The molecule has 0 saturated heterocycles. The Hall–Kier alpha value is -3.58. The van der Waals surface area contributed by atoms with Crippen LogP contribution in [0.1, 0.15) is 21.6 Å². The third kappa shape index (κ3) is 3.72. The fourth-order valence-electron chi connectivity index (χ4n) is 3.63. The average Bonchev–Trinajstić information content (AvgIpc) is 3.14. The van der Waals surface area contributed by atoms with E-state index in [4.69, 9.17) is 10.8 Å². The summed E-state index contributed by atoms with van der Waals surface area (Å²) in [5.41, 5.74) is 10.1. The Balaban J connectivity index is 1.58. The van der Waals surface area contributed by atoms with Crippen LogP contribution in [0.3, 0.4) is 0 Å². The molecule has 0 bridgehead atoms. The first kappa shape index (κ1) is 18.8. The maximum atomic E-state index is 12.7. The highest BCUT2D eigenvalue weighted by molar-refractivity contribution is 5.96. The minimum Gasteiger partial charge on any atom is -0.392 e. The smallest absolute Gasteiger partial charge is 0.322 e. The summed E-state index contributed by atoms with van der Waals surface area (Å²) in [6, 6.07) is 18.4. The Bertz CT molecular complexity index is 1040. The van der Waals surface area contributed by atoms with Crippen LogP contribution in [0.15, 0.2) is 60.7 Å². The molecule has 0 aliphatic carbocycles. The molecular formula is C22H22N4O3. The monoisotopic (exact) mass is 390 g/mol. The Morgan fingerprint density at radius 3 is 2.41 bits per heavy atom. The lowest BCUT2D eigenvalue weighted by Crippen LogP contribution is -2.41. The molecule has 1 aromatic heterocycles. The van der Waals surface area contributed by atoms with Crippen molar-refractivity contribution in [3.8, 4) is 11.3 Å². The van der Waals surface area contributed by atoms with Crippen LogP contribution in [0.25, 0.3) is 11.3 Å². The van der Waals surface area contributed by atoms with Gasteiger partial charge in [-0.1, -0.05) is 42.5 Å². The molecule has 148 valence electrons. The van der Waals surface area contributed by atoms with Gasteiger partial charge in [-0.15, -0.1) is 0 Å². The summed E-state index contributed by atoms with van der Waals surface area (Å²) in [5.74, 6) is -0.502. The van der Waals surface area contributed by atoms with E-state index < -0.39 is 5.91 Å². The van der Waals surface area contributed by atoms with Crippen LogP contribution >= 0.6 is 0 Å². The first-order chi connectivity index (χ1) is 14.1. The molecule has 4 rings (SSSR count). The summed E-state index contributed by atoms with van der Waals surface area (Å²) < 4.78 is 2.06. The van der Waals surface area contributed by atoms with Crippen molar-refractivity contribution >= 4 is 17.6 Å². The zero-order chi connectivity index (χ0) is 20.4. The summed E-state index contributed by atoms with van der Waals surface area (Å²) in [4.78, 5) is 26.4. The molecule has 7 nitrogen and oxygen atoms in total. The van der Waals surface area contributed by atoms with Gasteiger partial charge in [0.15, 0.2) is 0 Å². The molecule has 0 spiro atoms. The number of urea groups is 1. The van der Waals surface area contributed by atoms with Gasteiger partial charge in [0.1, 0.15) is 0 Å². The Kier molecular flexibility index (Phi) is 5.05. The minimum atomic E-state index is -0.502. The number of nitrogens with zero attached hydrogens (tertiary/aromatic N) is 2. The van der Waals surface area contributed by atoms with E-state index in [-0.39, 0.29) is 12.6 Å². The molecule has 0 radical (unpaired) electrons. The lowest BCUT2D eigenvalue weighted by molar-refractivity contribution is 0.0997. The number of carbonyl (C=O) groups is 2. The molecule has 3 aromatic rings. The normalized spacial score (nSPS) is 13.1. The second-order valence-corrected chi connectivity index (χ2v) is 6.98. The lowest BCUT2D eigenvalue weighted by atomic mass is 10.1. The largest absolute Gasteiger partial charge is 0.392 e. The van der Waals surface area contributed by atoms with Gasteiger partial charge in [-0.2, -0.15) is 0 Å². The van der Waals surface area contributed by atoms with Crippen molar-refractivity contribution in [3.63, 3.8) is 0 Å². The highest BCUT2D eigenvalue weighted by Gasteiger charge is 2.27. The van der Waals surface area contributed by atoms with Crippen LogP contribution in [-0.2, 0) is 19.7 Å². The number of aliphatic hydroxyl groups excluding tert-OH is 1. The molecule has 0 unspecified atom stereocenters. The third-order valence-electron chi connectivity index (χ3n) is 5.15. The van der Waals surface area contributed by atoms with E-state index in [0.717, 1.165) is 22.5 Å². The summed E-state index contributed by atoms with van der Waals surface area (Å²) in [6.45, 7) is 1.34. The van der Waals surface area contributed by atoms with Crippen molar-refractivity contribution < 1.29 is 14.7 Å². The first-order valence-electron chi connectivity index (χ1n) is 9.40. The van der Waals surface area contributed by atoms with Gasteiger partial charge >= 0.3 is 6.03 Å². The SMILES string of the molecule is NC(=O)c1cc(-c2ccccc2)n2c1CN(C(=O)Nc1ccc(CO)cc1)CC2. The van der Waals surface area contributed by atoms with E-state index in [2.05, 4.69) is 9.88 Å². The second kappa shape index (κ2) is 7.81. The summed E-state index contributed by atoms with van der Waals surface area (Å²) in [6.07, 6.45) is 0. The van der Waals surface area contributed by atoms with Gasteiger partial charge in [-0.3, -0.25) is 4.79 Å². The zero-order valence-electron chi connectivity index (χ0n) is 15.8. The van der Waals surface area contributed by atoms with Crippen molar-refractivity contribution in [2.75, 3.05) is 11.9 Å². The molecule has 2 aromatic carbocycles. The van der Waals surface area contributed by atoms with E-state index >= 15 is 0 Å². The van der Waals surface area contributed by atoms with Gasteiger partial charge in [-0.05, 0) is 29.3 Å². The molecule has 0 saturated carbocycles. The number of aromatic nitrogens is 1. The maximum Gasteiger partial charge on any atom is 0.322 e. The highest BCUT2D eigenvalue weighted by Crippen LogP contribution is 2.29. The Morgan fingerprint density at radius 2 is 1.76 bits per heavy atom. The lowest BCUT2D eigenvalue weighted by Gasteiger charge is -2.30. The van der Waals surface area contributed by atoms with Gasteiger partial charge < -0.3 is 25.6 Å². The summed E-state index contributed by atoms with van der Waals surface area (Å²) in [7, 11) is 0. The van der Waals surface area contributed by atoms with Crippen LogP contribution in [0.2, 0.25) is 0 Å². The van der Waals surface area contributed by atoms with Crippen LogP contribution in [0, 0.1) is 0 Å². The number of anilines is 1. The Labute approximate surface area is 168 Å². The standard InChI is InChI=1S/C22H22N4O3/c23-21(28)18-12-19(16-4-2-1-3-5-16)26-11-10-25(13-20(18)26)22(29)24-17-8-6-15(14-27)7-9-17/h1-9,12,27H,10-11,13-14H2,(H2,23,28)(H,24,29). The third-order valence-corrected chi connectivity index (χ3v) is 5.15. The minimum absolute atomic E-state index is 0.0447. The molecule has 2 heterocycles. The predicted octanol–water partition coefficient (Wildman–Crippen LogP) is 2.79. The number of hydrogen-bond donors (Lipinski definition) is 3. The number of carbonyl (C=O) groups excluding carboxylic acids is 2. The van der Waals surface area contributed by atoms with E-state index in [9.17, 15) is 9.59 Å². The van der Waals surface area contributed by atoms with E-state index in [1.165, 1.54) is 0 Å². The van der Waals surface area contributed by atoms with Crippen LogP contribution < -0.4 is 11.1 Å². The van der Waals surface area contributed by atoms with Crippen molar-refractivity contribution in [1.29, 1.82) is 0 Å². The number of nitrogens with one attached hydrogen (secondary N) is 1. The first-order valence-corrected chi connectivity index (χ1v) is 9.40. The fraction of sp³-hybridized carbons (Fsp3) is 0.182. The quantitative estimate of drug-likeness (QED) is 0.638. The molecule has 1 aliphatic heterocycles. The molecule has 7 heteroatoms. The molecule has 0 atom stereocenters. The second-order valence-electron chi connectivity index (χ2n) is 6.98. The van der Waals surface area contributed by atoms with Gasteiger partial charge in [0.2, 0.25) is 0 Å². The van der Waals surface area contributed by atoms with Gasteiger partial charge in [0.05, 0.1) is 24.4 Å². The Morgan fingerprint density at radius 1 is 1.03 bits per heavy atom. The van der Waals surface area contributed by atoms with Gasteiger partial charge in [-0.25, -0.2) is 4.79 Å². The fourth-order valence-corrected chi connectivity index (χ4v) is 3.63. The van der Waals surface area contributed by atoms with Crippen molar-refractivity contribution in [1.82, 2.24) is 9.47 Å². The predicted molar refractivity (Wildman–Crippen MR) is 110 cm³/mol. The molecular weight excluding hydrogens is 368 g/mol. The summed E-state index contributed by atoms with van der Waals surface area (Å²) >= 11 is 0. The number of primary amides is 1. The number of hydrogen-bond acceptors (Lipinski definition) is 3. The van der Waals surface area contributed by atoms with Crippen molar-refractivity contribution in [2.45, 2.75) is 19.7 Å². The van der Waals surface area contributed by atoms with Crippen molar-refractivity contribution in [2.24, 2.45) is 5.73 Å². The number of aliphatic hydroxyl groups is 1. The molecule has 4 N–H and O–H groups in total. The molecule has 3 amide bonds. The van der Waals surface area contributed by atoms with Crippen LogP contribution in [0.4, 0.5) is 10.5 Å². The topological polar surface area (TPSA) is 101 Å². The zero-order valence-corrected chi connectivity index (χ0v) is 15.8. The van der Waals surface area contributed by atoms with Gasteiger partial charge in [0.25, 0.3) is 5.91 Å². The van der Waals surface area contributed by atoms with Crippen LogP contribution in [-0.4, -0.2) is 33.1 Å². The number of benzene rings is 2. The maximum absolute atomic E-state index is 12.7. The van der Waals surface area contributed by atoms with Crippen molar-refractivity contribution in [3.05, 3.63) is 77.5 Å². The van der Waals surface area contributed by atoms with E-state index in [0.29, 0.717) is 30.9 Å².